The van der Waals surface area contributed by atoms with Crippen LogP contribution >= 0.6 is 11.3 Å². The minimum absolute atomic E-state index is 0.0335. The summed E-state index contributed by atoms with van der Waals surface area (Å²) in [5, 5.41) is 4.83. The van der Waals surface area contributed by atoms with E-state index in [1.54, 1.807) is 17.5 Å². The van der Waals surface area contributed by atoms with E-state index in [9.17, 15) is 18.8 Å². The molecule has 1 saturated heterocycles. The Kier molecular flexibility index (Phi) is 5.21. The number of benzene rings is 1. The quantitative estimate of drug-likeness (QED) is 0.779. The van der Waals surface area contributed by atoms with Crippen molar-refractivity contribution < 1.29 is 18.8 Å². The summed E-state index contributed by atoms with van der Waals surface area (Å²) in [6.07, 6.45) is 3.52. The minimum atomic E-state index is -0.350. The Bertz CT molecular complexity index is 905. The van der Waals surface area contributed by atoms with Crippen LogP contribution in [-0.4, -0.2) is 34.2 Å². The molecule has 0 bridgehead atoms. The van der Waals surface area contributed by atoms with Crippen molar-refractivity contribution in [1.82, 2.24) is 9.88 Å². The molecule has 2 fully saturated rings. The highest BCUT2D eigenvalue weighted by Crippen LogP contribution is 2.38. The summed E-state index contributed by atoms with van der Waals surface area (Å²) in [5.41, 5.74) is 1.21. The van der Waals surface area contributed by atoms with Crippen LogP contribution in [0.5, 0.6) is 0 Å². The number of rotatable bonds is 5. The normalized spacial score (nSPS) is 21.7. The lowest BCUT2D eigenvalue weighted by Crippen LogP contribution is -2.34. The fraction of sp³-hybridized carbons (Fsp3) is 0.400. The summed E-state index contributed by atoms with van der Waals surface area (Å²) in [6, 6.07) is 6.08. The molecule has 0 spiro atoms. The molecule has 3 amide bonds. The molecular weight excluding hydrogens is 381 g/mol. The summed E-state index contributed by atoms with van der Waals surface area (Å²) < 4.78 is 13.3. The van der Waals surface area contributed by atoms with Crippen LogP contribution in [0.15, 0.2) is 29.6 Å². The maximum atomic E-state index is 13.3. The SMILES string of the molecule is O=C(CCN1C(=O)C2CCCCC2C1=O)Nc1nc(-c2cccc(F)c2)cs1. The fourth-order valence-electron chi connectivity index (χ4n) is 3.96. The molecule has 2 heterocycles. The Morgan fingerprint density at radius 1 is 1.21 bits per heavy atom. The highest BCUT2D eigenvalue weighted by molar-refractivity contribution is 7.14. The van der Waals surface area contributed by atoms with Crippen molar-refractivity contribution in [3.63, 3.8) is 0 Å². The van der Waals surface area contributed by atoms with Gasteiger partial charge in [0.1, 0.15) is 5.82 Å². The molecule has 2 aromatic rings. The molecule has 146 valence electrons. The second-order valence-corrected chi connectivity index (χ2v) is 8.03. The molecular formula is C20H20FN3O3S. The van der Waals surface area contributed by atoms with Crippen LogP contribution in [0.25, 0.3) is 11.3 Å². The number of imide groups is 1. The second-order valence-electron chi connectivity index (χ2n) is 7.17. The number of aromatic nitrogens is 1. The largest absolute Gasteiger partial charge is 0.302 e. The Labute approximate surface area is 165 Å². The monoisotopic (exact) mass is 401 g/mol. The number of nitrogens with one attached hydrogen (secondary N) is 1. The van der Waals surface area contributed by atoms with Crippen LogP contribution in [0.1, 0.15) is 32.1 Å². The summed E-state index contributed by atoms with van der Waals surface area (Å²) in [4.78, 5) is 42.7. The minimum Gasteiger partial charge on any atom is -0.302 e. The Morgan fingerprint density at radius 3 is 2.61 bits per heavy atom. The zero-order chi connectivity index (χ0) is 19.7. The average Bonchev–Trinajstić information content (AvgIpc) is 3.24. The molecule has 2 unspecified atom stereocenters. The van der Waals surface area contributed by atoms with Crippen molar-refractivity contribution >= 4 is 34.2 Å². The van der Waals surface area contributed by atoms with Crippen molar-refractivity contribution in [2.45, 2.75) is 32.1 Å². The molecule has 2 aliphatic rings. The van der Waals surface area contributed by atoms with E-state index in [4.69, 9.17) is 0 Å². The first-order valence-electron chi connectivity index (χ1n) is 9.39. The number of halogens is 1. The van der Waals surface area contributed by atoms with Gasteiger partial charge in [0.25, 0.3) is 0 Å². The smallest absolute Gasteiger partial charge is 0.233 e. The van der Waals surface area contributed by atoms with E-state index in [0.717, 1.165) is 25.7 Å². The lowest BCUT2D eigenvalue weighted by molar-refractivity contribution is -0.140. The lowest BCUT2D eigenvalue weighted by Gasteiger charge is -2.19. The Balaban J connectivity index is 1.34. The number of thiazole rings is 1. The van der Waals surface area contributed by atoms with Gasteiger partial charge in [-0.2, -0.15) is 0 Å². The first-order chi connectivity index (χ1) is 13.5. The van der Waals surface area contributed by atoms with Gasteiger partial charge >= 0.3 is 0 Å². The van der Waals surface area contributed by atoms with Gasteiger partial charge in [0.15, 0.2) is 5.13 Å². The lowest BCUT2D eigenvalue weighted by atomic mass is 9.81. The van der Waals surface area contributed by atoms with Gasteiger partial charge in [0.2, 0.25) is 17.7 Å². The topological polar surface area (TPSA) is 79.4 Å². The molecule has 1 aromatic carbocycles. The van der Waals surface area contributed by atoms with Crippen molar-refractivity contribution in [2.24, 2.45) is 11.8 Å². The van der Waals surface area contributed by atoms with Crippen molar-refractivity contribution in [1.29, 1.82) is 0 Å². The van der Waals surface area contributed by atoms with Gasteiger partial charge < -0.3 is 5.32 Å². The number of carbonyl (C=O) groups is 3. The average molecular weight is 401 g/mol. The number of carbonyl (C=O) groups excluding carboxylic acids is 3. The predicted octanol–water partition coefficient (Wildman–Crippen LogP) is 3.45. The maximum Gasteiger partial charge on any atom is 0.233 e. The zero-order valence-corrected chi connectivity index (χ0v) is 16.0. The van der Waals surface area contributed by atoms with Crippen molar-refractivity contribution in [3.05, 3.63) is 35.5 Å². The van der Waals surface area contributed by atoms with E-state index in [0.29, 0.717) is 16.4 Å². The molecule has 1 aromatic heterocycles. The van der Waals surface area contributed by atoms with Crippen LogP contribution in [-0.2, 0) is 14.4 Å². The first kappa shape index (κ1) is 18.7. The Hall–Kier alpha value is -2.61. The molecule has 0 radical (unpaired) electrons. The van der Waals surface area contributed by atoms with E-state index in [-0.39, 0.29) is 48.3 Å². The summed E-state index contributed by atoms with van der Waals surface area (Å²) in [5.74, 6) is -1.32. The molecule has 4 rings (SSSR count). The van der Waals surface area contributed by atoms with Crippen LogP contribution in [0.4, 0.5) is 9.52 Å². The third-order valence-corrected chi connectivity index (χ3v) is 6.12. The van der Waals surface area contributed by atoms with Crippen molar-refractivity contribution in [3.8, 4) is 11.3 Å². The molecule has 1 saturated carbocycles. The summed E-state index contributed by atoms with van der Waals surface area (Å²) in [7, 11) is 0. The van der Waals surface area contributed by atoms with E-state index in [1.807, 2.05) is 0 Å². The maximum absolute atomic E-state index is 13.3. The van der Waals surface area contributed by atoms with Gasteiger partial charge in [-0.05, 0) is 25.0 Å². The number of fused-ring (bicyclic) bond motifs is 1. The van der Waals surface area contributed by atoms with E-state index in [1.165, 1.54) is 28.4 Å². The van der Waals surface area contributed by atoms with Gasteiger partial charge in [-0.15, -0.1) is 11.3 Å². The number of nitrogens with zero attached hydrogens (tertiary/aromatic N) is 2. The highest BCUT2D eigenvalue weighted by Gasteiger charge is 2.47. The number of amides is 3. The molecule has 6 nitrogen and oxygen atoms in total. The molecule has 28 heavy (non-hydrogen) atoms. The highest BCUT2D eigenvalue weighted by atomic mass is 32.1. The van der Waals surface area contributed by atoms with E-state index in [2.05, 4.69) is 10.3 Å². The number of anilines is 1. The zero-order valence-electron chi connectivity index (χ0n) is 15.2. The van der Waals surface area contributed by atoms with Crippen LogP contribution in [0.3, 0.4) is 0 Å². The van der Waals surface area contributed by atoms with E-state index >= 15 is 0 Å². The van der Waals surface area contributed by atoms with Gasteiger partial charge in [-0.1, -0.05) is 25.0 Å². The third kappa shape index (κ3) is 3.69. The van der Waals surface area contributed by atoms with Gasteiger partial charge in [-0.25, -0.2) is 9.37 Å². The van der Waals surface area contributed by atoms with Crippen LogP contribution < -0.4 is 5.32 Å². The Morgan fingerprint density at radius 2 is 1.93 bits per heavy atom. The summed E-state index contributed by atoms with van der Waals surface area (Å²) in [6.45, 7) is 0.0959. The standard InChI is InChI=1S/C20H20FN3O3S/c21-13-5-3-4-12(10-13)16-11-28-20(22-16)23-17(25)8-9-24-18(26)14-6-1-2-7-15(14)19(24)27/h3-5,10-11,14-15H,1-2,6-9H2,(H,22,23,25). The molecule has 1 aliphatic carbocycles. The second kappa shape index (κ2) is 7.79. The molecule has 2 atom stereocenters. The molecule has 1 N–H and O–H groups in total. The van der Waals surface area contributed by atoms with Crippen LogP contribution in [0.2, 0.25) is 0 Å². The number of likely N-dealkylation sites (tertiary alicyclic amines) is 1. The van der Waals surface area contributed by atoms with Gasteiger partial charge in [0, 0.05) is 23.9 Å². The number of hydrogen-bond acceptors (Lipinski definition) is 5. The first-order valence-corrected chi connectivity index (χ1v) is 10.3. The van der Waals surface area contributed by atoms with E-state index < -0.39 is 0 Å². The number of hydrogen-bond donors (Lipinski definition) is 1. The molecule has 1 aliphatic heterocycles. The van der Waals surface area contributed by atoms with Crippen LogP contribution in [0, 0.1) is 17.7 Å². The van der Waals surface area contributed by atoms with Gasteiger partial charge in [-0.3, -0.25) is 19.3 Å². The van der Waals surface area contributed by atoms with Gasteiger partial charge in [0.05, 0.1) is 17.5 Å². The fourth-order valence-corrected chi connectivity index (χ4v) is 4.69. The van der Waals surface area contributed by atoms with Crippen molar-refractivity contribution in [2.75, 3.05) is 11.9 Å². The summed E-state index contributed by atoms with van der Waals surface area (Å²) >= 11 is 1.24. The molecule has 8 heteroatoms. The third-order valence-electron chi connectivity index (χ3n) is 5.37. The predicted molar refractivity (Wildman–Crippen MR) is 103 cm³/mol.